The fraction of sp³-hybridized carbons (Fsp3) is 0.0952. The maximum absolute atomic E-state index is 13.3. The average molecular weight is 494 g/mol. The number of anilines is 2. The Bertz CT molecular complexity index is 1300. The molecule has 172 valence electrons. The van der Waals surface area contributed by atoms with Crippen molar-refractivity contribution in [2.24, 2.45) is 0 Å². The van der Waals surface area contributed by atoms with Gasteiger partial charge in [0.1, 0.15) is 23.1 Å². The third-order valence-electron chi connectivity index (χ3n) is 4.47. The number of nitro benzene ring substituents is 1. The number of nitrogens with one attached hydrogen (secondary N) is 1. The van der Waals surface area contributed by atoms with Crippen LogP contribution >= 0.6 is 11.6 Å². The lowest BCUT2D eigenvalue weighted by molar-refractivity contribution is -0.384. The Labute approximate surface area is 193 Å². The van der Waals surface area contributed by atoms with Crippen LogP contribution in [0.2, 0.25) is 5.02 Å². The van der Waals surface area contributed by atoms with E-state index in [0.717, 1.165) is 34.6 Å². The number of nitrogens with zero attached hydrogens (tertiary/aromatic N) is 2. The third-order valence-corrected chi connectivity index (χ3v) is 6.56. The fourth-order valence-corrected chi connectivity index (χ4v) is 4.55. The van der Waals surface area contributed by atoms with Crippen molar-refractivity contribution in [2.75, 3.05) is 23.3 Å². The molecule has 3 aromatic carbocycles. The zero-order valence-electron chi connectivity index (χ0n) is 17.1. The Morgan fingerprint density at radius 1 is 1.15 bits per heavy atom. The van der Waals surface area contributed by atoms with Crippen molar-refractivity contribution in [3.05, 3.63) is 87.7 Å². The number of hydrogen-bond donors (Lipinski definition) is 1. The highest BCUT2D eigenvalue weighted by atomic mass is 35.5. The van der Waals surface area contributed by atoms with E-state index in [2.05, 4.69) is 5.32 Å². The molecule has 0 saturated carbocycles. The lowest BCUT2D eigenvalue weighted by Crippen LogP contribution is -2.38. The predicted octanol–water partition coefficient (Wildman–Crippen LogP) is 4.23. The Morgan fingerprint density at radius 2 is 1.82 bits per heavy atom. The highest BCUT2D eigenvalue weighted by Gasteiger charge is 2.29. The van der Waals surface area contributed by atoms with Gasteiger partial charge in [0, 0.05) is 11.8 Å². The smallest absolute Gasteiger partial charge is 0.289 e. The van der Waals surface area contributed by atoms with Gasteiger partial charge in [-0.2, -0.15) is 0 Å². The van der Waals surface area contributed by atoms with E-state index in [9.17, 15) is 27.7 Å². The minimum absolute atomic E-state index is 0.0512. The maximum Gasteiger partial charge on any atom is 0.289 e. The lowest BCUT2D eigenvalue weighted by Gasteiger charge is -2.25. The number of amides is 1. The Balaban J connectivity index is 1.98. The highest BCUT2D eigenvalue weighted by Crippen LogP contribution is 2.32. The summed E-state index contributed by atoms with van der Waals surface area (Å²) in [5, 5.41) is 13.4. The van der Waals surface area contributed by atoms with Crippen LogP contribution in [0.1, 0.15) is 0 Å². The van der Waals surface area contributed by atoms with Gasteiger partial charge in [0.05, 0.1) is 22.6 Å². The molecule has 0 atom stereocenters. The molecule has 3 rings (SSSR count). The molecule has 0 aromatic heterocycles. The molecular formula is C21H17ClFN3O6S. The van der Waals surface area contributed by atoms with Crippen molar-refractivity contribution >= 4 is 44.6 Å². The van der Waals surface area contributed by atoms with Crippen LogP contribution < -0.4 is 14.4 Å². The van der Waals surface area contributed by atoms with Crippen LogP contribution in [0, 0.1) is 15.9 Å². The van der Waals surface area contributed by atoms with E-state index in [1.54, 1.807) is 12.1 Å². The molecule has 0 heterocycles. The van der Waals surface area contributed by atoms with Crippen LogP contribution in [0.3, 0.4) is 0 Å². The van der Waals surface area contributed by atoms with Gasteiger partial charge in [0.2, 0.25) is 5.91 Å². The van der Waals surface area contributed by atoms with Crippen molar-refractivity contribution in [1.82, 2.24) is 0 Å². The topological polar surface area (TPSA) is 119 Å². The van der Waals surface area contributed by atoms with Crippen molar-refractivity contribution in [3.8, 4) is 5.75 Å². The van der Waals surface area contributed by atoms with Crippen LogP contribution in [-0.4, -0.2) is 32.9 Å². The predicted molar refractivity (Wildman–Crippen MR) is 121 cm³/mol. The van der Waals surface area contributed by atoms with Gasteiger partial charge in [-0.1, -0.05) is 23.7 Å². The van der Waals surface area contributed by atoms with Crippen LogP contribution in [0.15, 0.2) is 71.6 Å². The molecule has 1 amide bonds. The quantitative estimate of drug-likeness (QED) is 0.370. The van der Waals surface area contributed by atoms with Crippen molar-refractivity contribution in [1.29, 1.82) is 0 Å². The average Bonchev–Trinajstić information content (AvgIpc) is 2.78. The summed E-state index contributed by atoms with van der Waals surface area (Å²) in [5.74, 6) is -1.24. The van der Waals surface area contributed by atoms with E-state index in [1.807, 2.05) is 0 Å². The molecule has 3 aromatic rings. The molecule has 0 aliphatic rings. The molecule has 0 aliphatic heterocycles. The van der Waals surface area contributed by atoms with E-state index in [0.29, 0.717) is 0 Å². The van der Waals surface area contributed by atoms with E-state index >= 15 is 0 Å². The van der Waals surface area contributed by atoms with Crippen molar-refractivity contribution in [3.63, 3.8) is 0 Å². The van der Waals surface area contributed by atoms with Gasteiger partial charge < -0.3 is 10.1 Å². The number of benzene rings is 3. The second-order valence-electron chi connectivity index (χ2n) is 6.61. The van der Waals surface area contributed by atoms with Gasteiger partial charge in [-0.25, -0.2) is 12.8 Å². The number of carbonyl (C=O) groups is 1. The number of sulfonamides is 1. The molecule has 0 saturated heterocycles. The number of nitro groups is 1. The largest absolute Gasteiger partial charge is 0.495 e. The standard InChI is InChI=1S/C21H17ClFN3O6S/c1-32-20-5-3-2-4-18(20)25(33(30,31)16-9-6-14(23)7-10-16)13-21(27)24-15-8-11-17(22)19(12-15)26(28)29/h2-12H,13H2,1H3,(H,24,27). The van der Waals surface area contributed by atoms with Gasteiger partial charge >= 0.3 is 0 Å². The van der Waals surface area contributed by atoms with Crippen LogP contribution in [0.5, 0.6) is 5.75 Å². The second-order valence-corrected chi connectivity index (χ2v) is 8.88. The van der Waals surface area contributed by atoms with E-state index < -0.39 is 38.9 Å². The zero-order chi connectivity index (χ0) is 24.2. The summed E-state index contributed by atoms with van der Waals surface area (Å²) >= 11 is 5.78. The molecule has 0 bridgehead atoms. The lowest BCUT2D eigenvalue weighted by atomic mass is 10.2. The Morgan fingerprint density at radius 3 is 2.45 bits per heavy atom. The Kier molecular flexibility index (Phi) is 7.14. The molecule has 0 unspecified atom stereocenters. The molecular weight excluding hydrogens is 477 g/mol. The van der Waals surface area contributed by atoms with Gasteiger partial charge in [-0.3, -0.25) is 19.2 Å². The minimum atomic E-state index is -4.32. The van der Waals surface area contributed by atoms with Gasteiger partial charge in [0.15, 0.2) is 0 Å². The van der Waals surface area contributed by atoms with Crippen LogP contribution in [0.4, 0.5) is 21.5 Å². The monoisotopic (exact) mass is 493 g/mol. The summed E-state index contributed by atoms with van der Waals surface area (Å²) in [6.07, 6.45) is 0. The number of rotatable bonds is 8. The highest BCUT2D eigenvalue weighted by molar-refractivity contribution is 7.92. The summed E-state index contributed by atoms with van der Waals surface area (Å²) in [6, 6.07) is 13.9. The van der Waals surface area contributed by atoms with E-state index in [4.69, 9.17) is 16.3 Å². The second kappa shape index (κ2) is 9.84. The number of carbonyl (C=O) groups excluding carboxylic acids is 1. The number of methoxy groups -OCH3 is 1. The van der Waals surface area contributed by atoms with Crippen LogP contribution in [0.25, 0.3) is 0 Å². The summed E-state index contributed by atoms with van der Waals surface area (Å²) in [5.41, 5.74) is -0.299. The first kappa shape index (κ1) is 24.0. The Hall–Kier alpha value is -3.70. The molecule has 12 heteroatoms. The number of para-hydroxylation sites is 2. The number of ether oxygens (including phenoxy) is 1. The molecule has 0 radical (unpaired) electrons. The van der Waals surface area contributed by atoms with Gasteiger partial charge in [0.25, 0.3) is 15.7 Å². The van der Waals surface area contributed by atoms with E-state index in [-0.39, 0.29) is 27.0 Å². The molecule has 33 heavy (non-hydrogen) atoms. The zero-order valence-corrected chi connectivity index (χ0v) is 18.6. The normalized spacial score (nSPS) is 11.0. The maximum atomic E-state index is 13.3. The van der Waals surface area contributed by atoms with Crippen molar-refractivity contribution in [2.45, 2.75) is 4.90 Å². The SMILES string of the molecule is COc1ccccc1N(CC(=O)Nc1ccc(Cl)c([N+](=O)[O-])c1)S(=O)(=O)c1ccc(F)cc1. The number of halogens is 2. The first-order valence-corrected chi connectivity index (χ1v) is 11.1. The molecule has 0 aliphatic carbocycles. The first-order valence-electron chi connectivity index (χ1n) is 9.28. The van der Waals surface area contributed by atoms with E-state index in [1.165, 1.54) is 31.4 Å². The third kappa shape index (κ3) is 5.38. The summed E-state index contributed by atoms with van der Waals surface area (Å²) in [6.45, 7) is -0.698. The van der Waals surface area contributed by atoms with Crippen molar-refractivity contribution < 1.29 is 27.3 Å². The van der Waals surface area contributed by atoms with Crippen LogP contribution in [-0.2, 0) is 14.8 Å². The first-order chi connectivity index (χ1) is 15.6. The summed E-state index contributed by atoms with van der Waals surface area (Å²) in [7, 11) is -2.98. The number of hydrogen-bond acceptors (Lipinski definition) is 6. The summed E-state index contributed by atoms with van der Waals surface area (Å²) in [4.78, 5) is 22.9. The summed E-state index contributed by atoms with van der Waals surface area (Å²) < 4.78 is 46.1. The minimum Gasteiger partial charge on any atom is -0.495 e. The van der Waals surface area contributed by atoms with Gasteiger partial charge in [-0.15, -0.1) is 0 Å². The fourth-order valence-electron chi connectivity index (χ4n) is 2.93. The van der Waals surface area contributed by atoms with Gasteiger partial charge in [-0.05, 0) is 48.5 Å². The molecule has 0 fully saturated rings. The molecule has 0 spiro atoms. The molecule has 9 nitrogen and oxygen atoms in total. The molecule has 1 N–H and O–H groups in total.